The van der Waals surface area contributed by atoms with Gasteiger partial charge in [0.1, 0.15) is 0 Å². The van der Waals surface area contributed by atoms with E-state index >= 15 is 0 Å². The molecule has 1 fully saturated rings. The minimum atomic E-state index is 0.169. The molecule has 0 radical (unpaired) electrons. The monoisotopic (exact) mass is 192 g/mol. The predicted molar refractivity (Wildman–Crippen MR) is 55.0 cm³/mol. The van der Waals surface area contributed by atoms with Gasteiger partial charge in [0, 0.05) is 30.5 Å². The molecule has 2 rings (SSSR count). The number of aromatic nitrogens is 1. The number of hydrogen-bond donors (Lipinski definition) is 1. The van der Waals surface area contributed by atoms with Crippen molar-refractivity contribution in [2.45, 2.75) is 25.5 Å². The van der Waals surface area contributed by atoms with Gasteiger partial charge in [-0.05, 0) is 12.5 Å². The van der Waals surface area contributed by atoms with Crippen molar-refractivity contribution in [3.8, 4) is 0 Å². The molecule has 76 valence electrons. The average Bonchev–Trinajstić information content (AvgIpc) is 2.30. The van der Waals surface area contributed by atoms with E-state index in [1.807, 2.05) is 12.3 Å². The maximum Gasteiger partial charge on any atom is 0.0993 e. The van der Waals surface area contributed by atoms with Gasteiger partial charge in [0.25, 0.3) is 0 Å². The molecule has 1 N–H and O–H groups in total. The molecule has 2 heterocycles. The number of nitrogens with zero attached hydrogens (tertiary/aromatic N) is 1. The molecule has 2 atom stereocenters. The fourth-order valence-electron chi connectivity index (χ4n) is 1.88. The Kier molecular flexibility index (Phi) is 3.11. The summed E-state index contributed by atoms with van der Waals surface area (Å²) in [5.41, 5.74) is 1.17. The molecule has 1 aliphatic rings. The first-order valence-electron chi connectivity index (χ1n) is 5.16. The van der Waals surface area contributed by atoms with Crippen LogP contribution in [0, 0.1) is 0 Å². The van der Waals surface area contributed by atoms with Gasteiger partial charge < -0.3 is 10.1 Å². The van der Waals surface area contributed by atoms with Crippen LogP contribution in [0.2, 0.25) is 0 Å². The van der Waals surface area contributed by atoms with Gasteiger partial charge in [-0.2, -0.15) is 0 Å². The summed E-state index contributed by atoms with van der Waals surface area (Å²) in [6.45, 7) is 3.92. The molecule has 0 amide bonds. The highest BCUT2D eigenvalue weighted by Crippen LogP contribution is 2.24. The number of nitrogens with one attached hydrogen (secondary N) is 1. The third-order valence-electron chi connectivity index (χ3n) is 2.62. The first-order valence-corrected chi connectivity index (χ1v) is 5.16. The highest BCUT2D eigenvalue weighted by molar-refractivity contribution is 5.14. The number of morpholine rings is 1. The Balaban J connectivity index is 2.15. The van der Waals surface area contributed by atoms with Crippen molar-refractivity contribution in [1.82, 2.24) is 10.3 Å². The standard InChI is InChI=1S/C11H16N2O/c1-2-10-11(14-7-6-13-10)9-4-3-5-12-8-9/h3-5,8,10-11,13H,2,6-7H2,1H3. The van der Waals surface area contributed by atoms with Gasteiger partial charge in [0.15, 0.2) is 0 Å². The van der Waals surface area contributed by atoms with Crippen molar-refractivity contribution in [2.24, 2.45) is 0 Å². The van der Waals surface area contributed by atoms with Crippen LogP contribution in [0.3, 0.4) is 0 Å². The topological polar surface area (TPSA) is 34.1 Å². The van der Waals surface area contributed by atoms with Crippen molar-refractivity contribution in [3.63, 3.8) is 0 Å². The van der Waals surface area contributed by atoms with Crippen LogP contribution in [0.25, 0.3) is 0 Å². The van der Waals surface area contributed by atoms with Crippen LogP contribution in [-0.4, -0.2) is 24.2 Å². The Bertz CT molecular complexity index is 276. The van der Waals surface area contributed by atoms with Crippen LogP contribution in [0.4, 0.5) is 0 Å². The first kappa shape index (κ1) is 9.62. The van der Waals surface area contributed by atoms with Crippen molar-refractivity contribution in [1.29, 1.82) is 0 Å². The molecule has 1 aliphatic heterocycles. The van der Waals surface area contributed by atoms with Gasteiger partial charge in [-0.3, -0.25) is 4.98 Å². The average molecular weight is 192 g/mol. The maximum atomic E-state index is 5.76. The van der Waals surface area contributed by atoms with E-state index in [0.29, 0.717) is 6.04 Å². The second-order valence-corrected chi connectivity index (χ2v) is 3.55. The number of pyridine rings is 1. The smallest absolute Gasteiger partial charge is 0.0993 e. The maximum absolute atomic E-state index is 5.76. The first-order chi connectivity index (χ1) is 6.92. The zero-order valence-corrected chi connectivity index (χ0v) is 8.44. The quantitative estimate of drug-likeness (QED) is 0.771. The summed E-state index contributed by atoms with van der Waals surface area (Å²) in [5, 5.41) is 3.46. The fourth-order valence-corrected chi connectivity index (χ4v) is 1.88. The molecule has 1 saturated heterocycles. The Morgan fingerprint density at radius 1 is 1.64 bits per heavy atom. The van der Waals surface area contributed by atoms with Crippen LogP contribution < -0.4 is 5.32 Å². The summed E-state index contributed by atoms with van der Waals surface area (Å²) >= 11 is 0. The molecule has 3 nitrogen and oxygen atoms in total. The molecule has 0 saturated carbocycles. The summed E-state index contributed by atoms with van der Waals surface area (Å²) in [7, 11) is 0. The zero-order valence-electron chi connectivity index (χ0n) is 8.44. The van der Waals surface area contributed by atoms with Crippen LogP contribution in [0.1, 0.15) is 25.0 Å². The summed E-state index contributed by atoms with van der Waals surface area (Å²) < 4.78 is 5.76. The van der Waals surface area contributed by atoms with Crippen molar-refractivity contribution in [3.05, 3.63) is 30.1 Å². The van der Waals surface area contributed by atoms with E-state index < -0.39 is 0 Å². The van der Waals surface area contributed by atoms with E-state index in [1.165, 1.54) is 5.56 Å². The molecule has 0 bridgehead atoms. The molecule has 0 aliphatic carbocycles. The molecule has 2 unspecified atom stereocenters. The van der Waals surface area contributed by atoms with Crippen molar-refractivity contribution >= 4 is 0 Å². The fraction of sp³-hybridized carbons (Fsp3) is 0.545. The van der Waals surface area contributed by atoms with Gasteiger partial charge in [0.05, 0.1) is 12.7 Å². The second kappa shape index (κ2) is 4.53. The lowest BCUT2D eigenvalue weighted by Crippen LogP contribution is -2.43. The van der Waals surface area contributed by atoms with E-state index in [-0.39, 0.29) is 6.10 Å². The summed E-state index contributed by atoms with van der Waals surface area (Å²) in [6.07, 6.45) is 4.93. The molecular weight excluding hydrogens is 176 g/mol. The molecule has 1 aromatic rings. The zero-order chi connectivity index (χ0) is 9.80. The lowest BCUT2D eigenvalue weighted by molar-refractivity contribution is -0.00660. The van der Waals surface area contributed by atoms with Crippen LogP contribution in [-0.2, 0) is 4.74 Å². The summed E-state index contributed by atoms with van der Waals surface area (Å²) in [4.78, 5) is 4.12. The number of rotatable bonds is 2. The van der Waals surface area contributed by atoms with E-state index in [0.717, 1.165) is 19.6 Å². The van der Waals surface area contributed by atoms with Crippen LogP contribution in [0.5, 0.6) is 0 Å². The Morgan fingerprint density at radius 3 is 3.29 bits per heavy atom. The van der Waals surface area contributed by atoms with E-state index in [1.54, 1.807) is 6.20 Å². The minimum Gasteiger partial charge on any atom is -0.371 e. The van der Waals surface area contributed by atoms with Gasteiger partial charge in [0.2, 0.25) is 0 Å². The molecule has 14 heavy (non-hydrogen) atoms. The molecular formula is C11H16N2O. The van der Waals surface area contributed by atoms with E-state index in [4.69, 9.17) is 4.74 Å². The molecule has 0 spiro atoms. The largest absolute Gasteiger partial charge is 0.371 e. The van der Waals surface area contributed by atoms with Crippen LogP contribution in [0.15, 0.2) is 24.5 Å². The molecule has 0 aromatic carbocycles. The van der Waals surface area contributed by atoms with E-state index in [2.05, 4.69) is 23.3 Å². The highest BCUT2D eigenvalue weighted by Gasteiger charge is 2.25. The lowest BCUT2D eigenvalue weighted by Gasteiger charge is -2.32. The number of hydrogen-bond acceptors (Lipinski definition) is 3. The predicted octanol–water partition coefficient (Wildman–Crippen LogP) is 1.52. The Labute approximate surface area is 84.5 Å². The lowest BCUT2D eigenvalue weighted by atomic mass is 10.0. The summed E-state index contributed by atoms with van der Waals surface area (Å²) in [6, 6.07) is 4.46. The minimum absolute atomic E-state index is 0.169. The Morgan fingerprint density at radius 2 is 2.57 bits per heavy atom. The third kappa shape index (κ3) is 1.94. The SMILES string of the molecule is CCC1NCCOC1c1cccnc1. The van der Waals surface area contributed by atoms with Gasteiger partial charge in [-0.1, -0.05) is 13.0 Å². The van der Waals surface area contributed by atoms with Crippen molar-refractivity contribution in [2.75, 3.05) is 13.2 Å². The highest BCUT2D eigenvalue weighted by atomic mass is 16.5. The summed E-state index contributed by atoms with van der Waals surface area (Å²) in [5.74, 6) is 0. The van der Waals surface area contributed by atoms with Gasteiger partial charge >= 0.3 is 0 Å². The van der Waals surface area contributed by atoms with Gasteiger partial charge in [-0.15, -0.1) is 0 Å². The second-order valence-electron chi connectivity index (χ2n) is 3.55. The van der Waals surface area contributed by atoms with Gasteiger partial charge in [-0.25, -0.2) is 0 Å². The molecule has 3 heteroatoms. The number of ether oxygens (including phenoxy) is 1. The normalized spacial score (nSPS) is 27.5. The molecule has 1 aromatic heterocycles. The Hall–Kier alpha value is -0.930. The van der Waals surface area contributed by atoms with Crippen molar-refractivity contribution < 1.29 is 4.74 Å². The van der Waals surface area contributed by atoms with Crippen LogP contribution >= 0.6 is 0 Å². The van der Waals surface area contributed by atoms with E-state index in [9.17, 15) is 0 Å². The third-order valence-corrected chi connectivity index (χ3v) is 2.62.